The molecule has 1 unspecified atom stereocenters. The Hall–Kier alpha value is -1.65. The van der Waals surface area contributed by atoms with Crippen LogP contribution in [0, 0.1) is 5.92 Å². The third kappa shape index (κ3) is 1.98. The fraction of sp³-hybridized carbons (Fsp3) is 0.545. The predicted octanol–water partition coefficient (Wildman–Crippen LogP) is 0.255. The second kappa shape index (κ2) is 4.08. The molecule has 0 saturated carbocycles. The minimum Gasteiger partial charge on any atom is -0.465 e. The van der Waals surface area contributed by atoms with Crippen LogP contribution in [-0.2, 0) is 19.1 Å². The van der Waals surface area contributed by atoms with E-state index in [1.165, 1.54) is 4.90 Å². The Morgan fingerprint density at radius 1 is 1.44 bits per heavy atom. The van der Waals surface area contributed by atoms with Crippen LogP contribution in [0.4, 0.5) is 0 Å². The molecule has 0 N–H and O–H groups in total. The molecular weight excluding hydrogens is 210 g/mol. The lowest BCUT2D eigenvalue weighted by atomic mass is 10.3. The summed E-state index contributed by atoms with van der Waals surface area (Å²) in [5, 5.41) is 0. The van der Waals surface area contributed by atoms with Crippen molar-refractivity contribution in [1.29, 1.82) is 0 Å². The van der Waals surface area contributed by atoms with Crippen LogP contribution >= 0.6 is 0 Å². The lowest BCUT2D eigenvalue weighted by Crippen LogP contribution is -2.30. The van der Waals surface area contributed by atoms with E-state index in [2.05, 4.69) is 0 Å². The lowest BCUT2D eigenvalue weighted by Gasteiger charge is -2.11. The van der Waals surface area contributed by atoms with Crippen molar-refractivity contribution < 1.29 is 19.1 Å². The van der Waals surface area contributed by atoms with E-state index in [-0.39, 0.29) is 43.1 Å². The van der Waals surface area contributed by atoms with Gasteiger partial charge in [-0.25, -0.2) is 0 Å². The minimum absolute atomic E-state index is 0.152. The summed E-state index contributed by atoms with van der Waals surface area (Å²) in [6.45, 7) is 2.34. The van der Waals surface area contributed by atoms with Crippen molar-refractivity contribution in [3.63, 3.8) is 0 Å². The molecule has 0 aromatic heterocycles. The van der Waals surface area contributed by atoms with Gasteiger partial charge in [0.2, 0.25) is 11.8 Å². The van der Waals surface area contributed by atoms with Crippen molar-refractivity contribution in [3.8, 4) is 0 Å². The summed E-state index contributed by atoms with van der Waals surface area (Å²) >= 11 is 0. The van der Waals surface area contributed by atoms with Gasteiger partial charge in [0, 0.05) is 12.8 Å². The molecule has 1 saturated heterocycles. The smallest absolute Gasteiger partial charge is 0.317 e. The monoisotopic (exact) mass is 223 g/mol. The molecule has 1 heterocycles. The Kier molecular flexibility index (Phi) is 2.77. The van der Waals surface area contributed by atoms with Crippen molar-refractivity contribution in [2.75, 3.05) is 13.2 Å². The molecule has 1 aliphatic carbocycles. The number of carbonyl (C=O) groups excluding carboxylic acids is 3. The van der Waals surface area contributed by atoms with Crippen LogP contribution in [0.2, 0.25) is 0 Å². The first-order chi connectivity index (χ1) is 7.63. The van der Waals surface area contributed by atoms with Crippen LogP contribution in [-0.4, -0.2) is 35.8 Å². The zero-order valence-corrected chi connectivity index (χ0v) is 9.06. The van der Waals surface area contributed by atoms with Crippen molar-refractivity contribution >= 4 is 17.8 Å². The summed E-state index contributed by atoms with van der Waals surface area (Å²) < 4.78 is 4.83. The molecule has 1 aliphatic heterocycles. The van der Waals surface area contributed by atoms with Crippen LogP contribution in [0.25, 0.3) is 0 Å². The van der Waals surface area contributed by atoms with Crippen molar-refractivity contribution in [2.24, 2.45) is 5.92 Å². The van der Waals surface area contributed by atoms with Gasteiger partial charge < -0.3 is 4.74 Å². The first-order valence-corrected chi connectivity index (χ1v) is 5.34. The number of ether oxygens (including phenoxy) is 1. The number of amides is 2. The highest BCUT2D eigenvalue weighted by molar-refractivity contribution is 6.02. The standard InChI is InChI=1S/C11H13NO4/c1-2-16-11(15)8-5-7(8)6-12-9(13)3-4-10(12)14/h5,8H,2-4,6H2,1H3. The van der Waals surface area contributed by atoms with Crippen LogP contribution in [0.5, 0.6) is 0 Å². The van der Waals surface area contributed by atoms with E-state index in [0.29, 0.717) is 6.61 Å². The normalized spacial score (nSPS) is 23.4. The molecule has 16 heavy (non-hydrogen) atoms. The quantitative estimate of drug-likeness (QED) is 0.389. The number of esters is 1. The average Bonchev–Trinajstić information content (AvgIpc) is 2.95. The van der Waals surface area contributed by atoms with Crippen molar-refractivity contribution in [3.05, 3.63) is 11.6 Å². The molecule has 0 radical (unpaired) electrons. The van der Waals surface area contributed by atoms with Gasteiger partial charge in [0.1, 0.15) is 0 Å². The molecule has 0 aromatic rings. The number of rotatable bonds is 4. The molecule has 2 rings (SSSR count). The summed E-state index contributed by atoms with van der Waals surface area (Å²) in [7, 11) is 0. The van der Waals surface area contributed by atoms with Gasteiger partial charge in [0.05, 0.1) is 19.1 Å². The molecule has 5 heteroatoms. The molecule has 1 fully saturated rings. The number of imide groups is 1. The second-order valence-corrected chi connectivity index (χ2v) is 3.84. The summed E-state index contributed by atoms with van der Waals surface area (Å²) in [6.07, 6.45) is 2.31. The summed E-state index contributed by atoms with van der Waals surface area (Å²) in [6, 6.07) is 0. The number of hydrogen-bond donors (Lipinski definition) is 0. The highest BCUT2D eigenvalue weighted by Gasteiger charge is 2.38. The van der Waals surface area contributed by atoms with Crippen molar-refractivity contribution in [2.45, 2.75) is 19.8 Å². The highest BCUT2D eigenvalue weighted by Crippen LogP contribution is 2.32. The first kappa shape index (κ1) is 10.9. The molecular formula is C11H13NO4. The molecule has 2 aliphatic rings. The Morgan fingerprint density at radius 2 is 2.06 bits per heavy atom. The predicted molar refractivity (Wildman–Crippen MR) is 54.2 cm³/mol. The minimum atomic E-state index is -0.318. The molecule has 0 bridgehead atoms. The van der Waals surface area contributed by atoms with E-state index in [4.69, 9.17) is 4.74 Å². The van der Waals surface area contributed by atoms with E-state index in [0.717, 1.165) is 5.57 Å². The van der Waals surface area contributed by atoms with E-state index in [9.17, 15) is 14.4 Å². The maximum Gasteiger partial charge on any atom is 0.317 e. The topological polar surface area (TPSA) is 63.7 Å². The van der Waals surface area contributed by atoms with E-state index in [1.54, 1.807) is 13.0 Å². The maximum atomic E-state index is 11.3. The molecule has 2 amide bonds. The third-order valence-corrected chi connectivity index (χ3v) is 2.71. The fourth-order valence-electron chi connectivity index (χ4n) is 1.75. The Morgan fingerprint density at radius 3 is 2.62 bits per heavy atom. The van der Waals surface area contributed by atoms with Crippen LogP contribution in [0.3, 0.4) is 0 Å². The largest absolute Gasteiger partial charge is 0.465 e. The molecule has 5 nitrogen and oxygen atoms in total. The number of likely N-dealkylation sites (tertiary alicyclic amines) is 1. The summed E-state index contributed by atoms with van der Waals surface area (Å²) in [5.74, 6) is -0.918. The van der Waals surface area contributed by atoms with Gasteiger partial charge in [-0.3, -0.25) is 19.3 Å². The van der Waals surface area contributed by atoms with Crippen LogP contribution < -0.4 is 0 Å². The third-order valence-electron chi connectivity index (χ3n) is 2.71. The van der Waals surface area contributed by atoms with E-state index < -0.39 is 0 Å². The zero-order valence-electron chi connectivity index (χ0n) is 9.06. The molecule has 0 aromatic carbocycles. The highest BCUT2D eigenvalue weighted by atomic mass is 16.5. The maximum absolute atomic E-state index is 11.3. The number of carbonyl (C=O) groups is 3. The Labute approximate surface area is 93.0 Å². The summed E-state index contributed by atoms with van der Waals surface area (Å²) in [5.41, 5.74) is 0.807. The fourth-order valence-corrected chi connectivity index (χ4v) is 1.75. The van der Waals surface area contributed by atoms with Crippen LogP contribution in [0.15, 0.2) is 11.6 Å². The molecule has 86 valence electrons. The van der Waals surface area contributed by atoms with Gasteiger partial charge in [-0.1, -0.05) is 6.08 Å². The van der Waals surface area contributed by atoms with Gasteiger partial charge in [0.15, 0.2) is 0 Å². The second-order valence-electron chi connectivity index (χ2n) is 3.84. The van der Waals surface area contributed by atoms with Gasteiger partial charge >= 0.3 is 5.97 Å². The number of nitrogens with zero attached hydrogens (tertiary/aromatic N) is 1. The van der Waals surface area contributed by atoms with Gasteiger partial charge in [-0.15, -0.1) is 0 Å². The van der Waals surface area contributed by atoms with E-state index in [1.807, 2.05) is 0 Å². The average molecular weight is 223 g/mol. The Balaban J connectivity index is 1.85. The SMILES string of the molecule is CCOC(=O)C1C=C1CN1C(=O)CCC1=O. The Bertz CT molecular complexity index is 369. The van der Waals surface area contributed by atoms with Gasteiger partial charge in [0.25, 0.3) is 0 Å². The van der Waals surface area contributed by atoms with Crippen molar-refractivity contribution in [1.82, 2.24) is 4.90 Å². The van der Waals surface area contributed by atoms with Crippen LogP contribution in [0.1, 0.15) is 19.8 Å². The number of hydrogen-bond acceptors (Lipinski definition) is 4. The summed E-state index contributed by atoms with van der Waals surface area (Å²) in [4.78, 5) is 35.1. The first-order valence-electron chi connectivity index (χ1n) is 5.34. The van der Waals surface area contributed by atoms with Gasteiger partial charge in [-0.2, -0.15) is 0 Å². The molecule has 0 spiro atoms. The molecule has 1 atom stereocenters. The lowest BCUT2D eigenvalue weighted by molar-refractivity contribution is -0.144. The van der Waals surface area contributed by atoms with E-state index >= 15 is 0 Å². The van der Waals surface area contributed by atoms with Gasteiger partial charge in [-0.05, 0) is 12.5 Å². The zero-order chi connectivity index (χ0) is 11.7.